The van der Waals surface area contributed by atoms with Crippen molar-refractivity contribution in [3.63, 3.8) is 0 Å². The summed E-state index contributed by atoms with van der Waals surface area (Å²) in [7, 11) is 0. The first-order chi connectivity index (χ1) is 16.4. The maximum atomic E-state index is 14.2. The Morgan fingerprint density at radius 1 is 0.886 bits per heavy atom. The van der Waals surface area contributed by atoms with Gasteiger partial charge in [-0.2, -0.15) is 23.3 Å². The summed E-state index contributed by atoms with van der Waals surface area (Å²) in [4.78, 5) is 13.2. The average molecular weight is 516 g/mol. The number of rotatable bonds is 4. The van der Waals surface area contributed by atoms with E-state index in [0.29, 0.717) is 33.0 Å². The molecule has 0 radical (unpaired) electrons. The zero-order valence-corrected chi connectivity index (χ0v) is 18.3. The number of benzene rings is 3. The number of hydrazone groups is 1. The van der Waals surface area contributed by atoms with E-state index in [2.05, 4.69) is 5.10 Å². The summed E-state index contributed by atoms with van der Waals surface area (Å²) in [5, 5.41) is 4.70. The molecule has 35 heavy (non-hydrogen) atoms. The second kappa shape index (κ2) is 8.99. The third-order valence-corrected chi connectivity index (χ3v) is 6.21. The van der Waals surface area contributed by atoms with Gasteiger partial charge >= 0.3 is 6.18 Å². The number of nitrogens with zero attached hydrogens (tertiary/aromatic N) is 2. The topological polar surface area (TPSA) is 32.7 Å². The van der Waals surface area contributed by atoms with Gasteiger partial charge in [-0.1, -0.05) is 30.3 Å². The number of hydrogen-bond donors (Lipinski definition) is 0. The Kier molecular flexibility index (Phi) is 6.34. The largest absolute Gasteiger partial charge is 0.398 e. The predicted molar refractivity (Wildman–Crippen MR) is 116 cm³/mol. The molecule has 0 saturated carbocycles. The first-order valence-corrected chi connectivity index (χ1v) is 10.7. The van der Waals surface area contributed by atoms with E-state index in [1.807, 2.05) is 0 Å². The first-order valence-electron chi connectivity index (χ1n) is 9.75. The molecule has 0 fully saturated rings. The minimum atomic E-state index is -4.39. The second-order valence-electron chi connectivity index (χ2n) is 7.38. The molecular weight excluding hydrogens is 504 g/mol. The number of carbonyl (C=O) groups excluding carboxylic acids is 1. The lowest BCUT2D eigenvalue weighted by Crippen LogP contribution is -2.25. The lowest BCUT2D eigenvalue weighted by atomic mass is 10.0. The lowest BCUT2D eigenvalue weighted by molar-refractivity contribution is -0.114. The molecule has 0 aliphatic carbocycles. The molecule has 0 saturated heterocycles. The van der Waals surface area contributed by atoms with Gasteiger partial charge in [0, 0.05) is 4.90 Å². The van der Waals surface area contributed by atoms with Gasteiger partial charge in [0.25, 0.3) is 5.91 Å². The third-order valence-electron chi connectivity index (χ3n) is 5.07. The van der Waals surface area contributed by atoms with Gasteiger partial charge in [0.05, 0.1) is 17.0 Å². The molecule has 3 nitrogen and oxygen atoms in total. The molecule has 3 aromatic carbocycles. The summed E-state index contributed by atoms with van der Waals surface area (Å²) in [6.45, 7) is 1.30. The number of halogens is 8. The Balaban J connectivity index is 1.77. The molecule has 0 unspecified atom stereocenters. The van der Waals surface area contributed by atoms with Crippen molar-refractivity contribution >= 4 is 45.9 Å². The van der Waals surface area contributed by atoms with Crippen LogP contribution in [0.1, 0.15) is 12.5 Å². The number of hydrogen-bond acceptors (Lipinski definition) is 3. The summed E-state index contributed by atoms with van der Waals surface area (Å²) in [6, 6.07) is 9.33. The minimum Gasteiger partial charge on any atom is -0.267 e. The molecule has 3 aromatic rings. The molecule has 1 aliphatic rings. The van der Waals surface area contributed by atoms with Crippen molar-refractivity contribution in [3.8, 4) is 0 Å². The van der Waals surface area contributed by atoms with E-state index >= 15 is 0 Å². The van der Waals surface area contributed by atoms with E-state index in [9.17, 15) is 39.9 Å². The van der Waals surface area contributed by atoms with Crippen LogP contribution in [0, 0.1) is 29.1 Å². The average Bonchev–Trinajstić information content (AvgIpc) is 3.08. The van der Waals surface area contributed by atoms with Crippen molar-refractivity contribution in [1.29, 1.82) is 0 Å². The zero-order valence-electron chi connectivity index (χ0n) is 17.5. The van der Waals surface area contributed by atoms with Gasteiger partial charge in [-0.25, -0.2) is 22.0 Å². The van der Waals surface area contributed by atoms with Gasteiger partial charge in [0.2, 0.25) is 5.82 Å². The van der Waals surface area contributed by atoms with Crippen LogP contribution < -0.4 is 5.01 Å². The van der Waals surface area contributed by atoms with Gasteiger partial charge in [0.1, 0.15) is 5.69 Å². The minimum absolute atomic E-state index is 0.0708. The molecular formula is C23H12F8N2OS. The maximum Gasteiger partial charge on any atom is 0.398 e. The van der Waals surface area contributed by atoms with Crippen molar-refractivity contribution in [1.82, 2.24) is 0 Å². The van der Waals surface area contributed by atoms with Crippen LogP contribution in [-0.2, 0) is 4.79 Å². The molecule has 0 aromatic heterocycles. The predicted octanol–water partition coefficient (Wildman–Crippen LogP) is 7.00. The fourth-order valence-corrected chi connectivity index (χ4v) is 4.29. The second-order valence-corrected chi connectivity index (χ2v) is 8.40. The number of amides is 1. The normalized spacial score (nSPS) is 15.5. The van der Waals surface area contributed by atoms with Crippen molar-refractivity contribution in [2.24, 2.45) is 5.10 Å². The number of fused-ring (bicyclic) bond motifs is 1. The quantitative estimate of drug-likeness (QED) is 0.123. The van der Waals surface area contributed by atoms with Crippen LogP contribution in [0.2, 0.25) is 0 Å². The molecule has 0 spiro atoms. The molecule has 4 rings (SSSR count). The van der Waals surface area contributed by atoms with Crippen molar-refractivity contribution < 1.29 is 39.9 Å². The number of carbonyl (C=O) groups is 1. The monoisotopic (exact) mass is 516 g/mol. The smallest absolute Gasteiger partial charge is 0.267 e. The van der Waals surface area contributed by atoms with Gasteiger partial charge in [-0.3, -0.25) is 4.79 Å². The van der Waals surface area contributed by atoms with Crippen LogP contribution in [-0.4, -0.2) is 23.5 Å². The van der Waals surface area contributed by atoms with Crippen molar-refractivity contribution in [3.05, 3.63) is 76.6 Å². The number of anilines is 1. The molecule has 182 valence electrons. The van der Waals surface area contributed by atoms with Crippen LogP contribution in [0.5, 0.6) is 0 Å². The highest BCUT2D eigenvalue weighted by molar-refractivity contribution is 7.99. The first kappa shape index (κ1) is 24.7. The van der Waals surface area contributed by atoms with E-state index in [4.69, 9.17) is 0 Å². The summed E-state index contributed by atoms with van der Waals surface area (Å²) in [5.41, 5.74) is -1.42. The maximum absolute atomic E-state index is 14.2. The molecule has 0 bridgehead atoms. The Labute approximate surface area is 196 Å². The Morgan fingerprint density at radius 3 is 2.06 bits per heavy atom. The molecule has 0 atom stereocenters. The fraction of sp³-hybridized carbons (Fsp3) is 0.130. The van der Waals surface area contributed by atoms with E-state index in [-0.39, 0.29) is 16.3 Å². The molecule has 12 heteroatoms. The molecule has 0 N–H and O–H groups in total. The van der Waals surface area contributed by atoms with Gasteiger partial charge in [-0.05, 0) is 35.4 Å². The van der Waals surface area contributed by atoms with E-state index in [1.165, 1.54) is 25.1 Å². The molecule has 1 heterocycles. The van der Waals surface area contributed by atoms with Crippen LogP contribution >= 0.6 is 11.8 Å². The number of alkyl halides is 3. The van der Waals surface area contributed by atoms with Crippen LogP contribution in [0.15, 0.2) is 52.0 Å². The lowest BCUT2D eigenvalue weighted by Gasteiger charge is -2.15. The van der Waals surface area contributed by atoms with E-state index in [0.717, 1.165) is 0 Å². The molecule has 1 aliphatic heterocycles. The van der Waals surface area contributed by atoms with Crippen LogP contribution in [0.4, 0.5) is 40.8 Å². The summed E-state index contributed by atoms with van der Waals surface area (Å²) in [5.74, 6) is -13.5. The zero-order chi connectivity index (χ0) is 25.7. The van der Waals surface area contributed by atoms with Crippen molar-refractivity contribution in [2.45, 2.75) is 18.0 Å². The SMILES string of the molecule is CC1=NN(c2c(F)c(F)c(F)c(F)c2F)C(=O)/C1=C/c1ccc(SCC(F)(F)F)c2ccccc12. The Hall–Kier alpha value is -3.41. The Bertz CT molecular complexity index is 1400. The highest BCUT2D eigenvalue weighted by Crippen LogP contribution is 2.37. The van der Waals surface area contributed by atoms with Crippen molar-refractivity contribution in [2.75, 3.05) is 10.8 Å². The Morgan fingerprint density at radius 2 is 1.46 bits per heavy atom. The third kappa shape index (κ3) is 4.49. The highest BCUT2D eigenvalue weighted by atomic mass is 32.2. The standard InChI is InChI=1S/C23H12F8N2OS/c1-10-14(22(34)33(32-10)21-19(27)17(25)16(24)18(26)20(21)28)8-11-6-7-15(35-9-23(29,30)31)13-5-3-2-4-12(11)13/h2-8H,9H2,1H3/b14-8+. The molecule has 1 amide bonds. The highest BCUT2D eigenvalue weighted by Gasteiger charge is 2.37. The summed E-state index contributed by atoms with van der Waals surface area (Å²) < 4.78 is 107. The van der Waals surface area contributed by atoms with Gasteiger partial charge in [0.15, 0.2) is 23.3 Å². The summed E-state index contributed by atoms with van der Waals surface area (Å²) >= 11 is 0.584. The van der Waals surface area contributed by atoms with Gasteiger partial charge in [-0.15, -0.1) is 11.8 Å². The summed E-state index contributed by atoms with van der Waals surface area (Å²) in [6.07, 6.45) is -3.10. The van der Waals surface area contributed by atoms with Crippen LogP contribution in [0.25, 0.3) is 16.8 Å². The number of thioether (sulfide) groups is 1. The van der Waals surface area contributed by atoms with E-state index < -0.39 is 52.6 Å². The van der Waals surface area contributed by atoms with Crippen LogP contribution in [0.3, 0.4) is 0 Å². The van der Waals surface area contributed by atoms with Gasteiger partial charge < -0.3 is 0 Å². The van der Waals surface area contributed by atoms with E-state index in [1.54, 1.807) is 24.3 Å². The fourth-order valence-electron chi connectivity index (χ4n) is 3.48.